The average molecular weight is 345 g/mol. The van der Waals surface area contributed by atoms with Crippen LogP contribution in [0.3, 0.4) is 0 Å². The molecule has 2 N–H and O–H groups in total. The Morgan fingerprint density at radius 2 is 2.12 bits per heavy atom. The number of thiazole rings is 1. The first kappa shape index (κ1) is 16.6. The van der Waals surface area contributed by atoms with Crippen molar-refractivity contribution in [1.29, 1.82) is 5.26 Å². The highest BCUT2D eigenvalue weighted by Crippen LogP contribution is 2.20. The van der Waals surface area contributed by atoms with Gasteiger partial charge < -0.3 is 15.4 Å². The molecule has 24 heavy (non-hydrogen) atoms. The molecule has 126 valence electrons. The average Bonchev–Trinajstić information content (AvgIpc) is 3.08. The van der Waals surface area contributed by atoms with Crippen LogP contribution < -0.4 is 10.6 Å². The lowest BCUT2D eigenvalue weighted by Gasteiger charge is -2.26. The molecule has 8 nitrogen and oxygen atoms in total. The second-order valence-corrected chi connectivity index (χ2v) is 6.16. The number of hydrogen-bond donors (Lipinski definition) is 2. The molecule has 0 unspecified atom stereocenters. The topological polar surface area (TPSA) is 99.0 Å². The summed E-state index contributed by atoms with van der Waals surface area (Å²) >= 11 is 1.37. The van der Waals surface area contributed by atoms with Gasteiger partial charge in [-0.15, -0.1) is 11.3 Å². The van der Waals surface area contributed by atoms with Crippen molar-refractivity contribution in [1.82, 2.24) is 19.9 Å². The SMILES string of the molecule is N#Cc1csc(Nc2cc(NCCCN3CCOCC3)ncn2)n1. The molecule has 1 aliphatic heterocycles. The molecule has 0 radical (unpaired) electrons. The minimum Gasteiger partial charge on any atom is -0.379 e. The van der Waals surface area contributed by atoms with Crippen molar-refractivity contribution < 1.29 is 4.74 Å². The fourth-order valence-corrected chi connectivity index (χ4v) is 3.00. The smallest absolute Gasteiger partial charge is 0.189 e. The van der Waals surface area contributed by atoms with Gasteiger partial charge in [0.05, 0.1) is 13.2 Å². The van der Waals surface area contributed by atoms with Crippen molar-refractivity contribution >= 4 is 28.1 Å². The zero-order valence-electron chi connectivity index (χ0n) is 13.2. The van der Waals surface area contributed by atoms with Gasteiger partial charge in [-0.05, 0) is 13.0 Å². The summed E-state index contributed by atoms with van der Waals surface area (Å²) in [6.45, 7) is 5.60. The molecule has 2 aromatic rings. The number of nitriles is 1. The second kappa shape index (κ2) is 8.54. The van der Waals surface area contributed by atoms with Gasteiger partial charge in [0, 0.05) is 31.1 Å². The quantitative estimate of drug-likeness (QED) is 0.731. The maximum Gasteiger partial charge on any atom is 0.189 e. The zero-order chi connectivity index (χ0) is 16.6. The predicted molar refractivity (Wildman–Crippen MR) is 92.5 cm³/mol. The molecule has 0 bridgehead atoms. The highest BCUT2D eigenvalue weighted by molar-refractivity contribution is 7.13. The van der Waals surface area contributed by atoms with Gasteiger partial charge in [-0.3, -0.25) is 4.90 Å². The first-order valence-corrected chi connectivity index (χ1v) is 8.70. The van der Waals surface area contributed by atoms with Crippen LogP contribution in [0.2, 0.25) is 0 Å². The van der Waals surface area contributed by atoms with Gasteiger partial charge in [0.25, 0.3) is 0 Å². The number of anilines is 3. The van der Waals surface area contributed by atoms with Crippen molar-refractivity contribution in [3.63, 3.8) is 0 Å². The molecule has 0 spiro atoms. The number of rotatable bonds is 7. The third kappa shape index (κ3) is 4.86. The van der Waals surface area contributed by atoms with E-state index in [-0.39, 0.29) is 0 Å². The van der Waals surface area contributed by atoms with Gasteiger partial charge in [-0.2, -0.15) is 5.26 Å². The maximum atomic E-state index is 8.80. The Hall–Kier alpha value is -2.28. The molecule has 1 aliphatic rings. The van der Waals surface area contributed by atoms with E-state index in [0.29, 0.717) is 16.6 Å². The van der Waals surface area contributed by atoms with Gasteiger partial charge >= 0.3 is 0 Å². The van der Waals surface area contributed by atoms with Gasteiger partial charge in [0.2, 0.25) is 0 Å². The van der Waals surface area contributed by atoms with E-state index in [9.17, 15) is 0 Å². The van der Waals surface area contributed by atoms with Crippen molar-refractivity contribution in [3.8, 4) is 6.07 Å². The van der Waals surface area contributed by atoms with Crippen LogP contribution >= 0.6 is 11.3 Å². The Kier molecular flexibility index (Phi) is 5.90. The second-order valence-electron chi connectivity index (χ2n) is 5.30. The summed E-state index contributed by atoms with van der Waals surface area (Å²) in [6.07, 6.45) is 2.55. The Bertz CT molecular complexity index is 693. The summed E-state index contributed by atoms with van der Waals surface area (Å²) in [5.74, 6) is 1.42. The molecule has 3 heterocycles. The van der Waals surface area contributed by atoms with Gasteiger partial charge in [-0.1, -0.05) is 0 Å². The normalized spacial score (nSPS) is 15.0. The van der Waals surface area contributed by atoms with Gasteiger partial charge in [-0.25, -0.2) is 15.0 Å². The lowest BCUT2D eigenvalue weighted by Crippen LogP contribution is -2.37. The number of ether oxygens (including phenoxy) is 1. The minimum absolute atomic E-state index is 0.401. The van der Waals surface area contributed by atoms with Crippen LogP contribution in [0, 0.1) is 11.3 Å². The molecule has 1 saturated heterocycles. The Balaban J connectivity index is 1.45. The maximum absolute atomic E-state index is 8.80. The molecule has 0 saturated carbocycles. The summed E-state index contributed by atoms with van der Waals surface area (Å²) in [4.78, 5) is 14.9. The fraction of sp³-hybridized carbons (Fsp3) is 0.467. The summed E-state index contributed by atoms with van der Waals surface area (Å²) in [5.41, 5.74) is 0.401. The van der Waals surface area contributed by atoms with E-state index in [4.69, 9.17) is 10.00 Å². The van der Waals surface area contributed by atoms with E-state index in [1.54, 1.807) is 5.38 Å². The van der Waals surface area contributed by atoms with Crippen LogP contribution in [-0.4, -0.2) is 59.2 Å². The monoisotopic (exact) mass is 345 g/mol. The molecule has 0 atom stereocenters. The predicted octanol–water partition coefficient (Wildman–Crippen LogP) is 1.68. The summed E-state index contributed by atoms with van der Waals surface area (Å²) in [5, 5.41) is 17.5. The van der Waals surface area contributed by atoms with E-state index in [1.165, 1.54) is 17.7 Å². The third-order valence-corrected chi connectivity index (χ3v) is 4.34. The molecule has 1 fully saturated rings. The fourth-order valence-electron chi connectivity index (χ4n) is 2.36. The van der Waals surface area contributed by atoms with Gasteiger partial charge in [0.15, 0.2) is 10.8 Å². The standard InChI is InChI=1S/C15H19N7OS/c16-9-12-10-24-15(20-12)21-14-8-13(18-11-19-14)17-2-1-3-22-4-6-23-7-5-22/h8,10-11H,1-7H2,(H2,17,18,19,20,21). The van der Waals surface area contributed by atoms with Crippen molar-refractivity contribution in [2.45, 2.75) is 6.42 Å². The van der Waals surface area contributed by atoms with E-state index >= 15 is 0 Å². The molecular formula is C15H19N7OS. The highest BCUT2D eigenvalue weighted by atomic mass is 32.1. The van der Waals surface area contributed by atoms with Crippen LogP contribution in [0.4, 0.5) is 16.8 Å². The molecule has 9 heteroatoms. The number of nitrogens with zero attached hydrogens (tertiary/aromatic N) is 5. The highest BCUT2D eigenvalue weighted by Gasteiger charge is 2.09. The first-order valence-electron chi connectivity index (χ1n) is 7.82. The van der Waals surface area contributed by atoms with E-state index in [2.05, 4.69) is 30.5 Å². The van der Waals surface area contributed by atoms with Gasteiger partial charge in [0.1, 0.15) is 24.0 Å². The summed E-state index contributed by atoms with van der Waals surface area (Å²) in [6, 6.07) is 3.84. The van der Waals surface area contributed by atoms with E-state index in [0.717, 1.165) is 51.6 Å². The number of hydrogen-bond acceptors (Lipinski definition) is 9. The number of morpholine rings is 1. The van der Waals surface area contributed by atoms with Crippen molar-refractivity contribution in [3.05, 3.63) is 23.5 Å². The summed E-state index contributed by atoms with van der Waals surface area (Å²) in [7, 11) is 0. The Morgan fingerprint density at radius 3 is 2.92 bits per heavy atom. The molecule has 0 aliphatic carbocycles. The van der Waals surface area contributed by atoms with E-state index < -0.39 is 0 Å². The Labute approximate surface area is 144 Å². The minimum atomic E-state index is 0.401. The summed E-state index contributed by atoms with van der Waals surface area (Å²) < 4.78 is 5.34. The number of aromatic nitrogens is 3. The van der Waals surface area contributed by atoms with Crippen LogP contribution in [0.5, 0.6) is 0 Å². The largest absolute Gasteiger partial charge is 0.379 e. The van der Waals surface area contributed by atoms with E-state index in [1.807, 2.05) is 12.1 Å². The lowest BCUT2D eigenvalue weighted by atomic mass is 10.3. The number of nitrogens with one attached hydrogen (secondary N) is 2. The van der Waals surface area contributed by atoms with Crippen LogP contribution in [-0.2, 0) is 4.74 Å². The Morgan fingerprint density at radius 1 is 1.29 bits per heavy atom. The van der Waals surface area contributed by atoms with Crippen LogP contribution in [0.15, 0.2) is 17.8 Å². The lowest BCUT2D eigenvalue weighted by molar-refractivity contribution is 0.0378. The molecule has 0 amide bonds. The van der Waals surface area contributed by atoms with Crippen molar-refractivity contribution in [2.75, 3.05) is 50.0 Å². The van der Waals surface area contributed by atoms with Crippen LogP contribution in [0.1, 0.15) is 12.1 Å². The van der Waals surface area contributed by atoms with Crippen molar-refractivity contribution in [2.24, 2.45) is 0 Å². The molecule has 2 aromatic heterocycles. The first-order chi connectivity index (χ1) is 11.8. The van der Waals surface area contributed by atoms with Crippen LogP contribution in [0.25, 0.3) is 0 Å². The molecule has 0 aromatic carbocycles. The third-order valence-electron chi connectivity index (χ3n) is 3.58. The molecular weight excluding hydrogens is 326 g/mol. The molecule has 3 rings (SSSR count). The zero-order valence-corrected chi connectivity index (χ0v) is 14.1.